The highest BCUT2D eigenvalue weighted by Gasteiger charge is 2.12. The van der Waals surface area contributed by atoms with E-state index in [0.717, 1.165) is 18.7 Å². The molecule has 0 unspecified atom stereocenters. The first kappa shape index (κ1) is 18.1. The Morgan fingerprint density at radius 1 is 1.04 bits per heavy atom. The molecule has 0 atom stereocenters. The van der Waals surface area contributed by atoms with Gasteiger partial charge in [-0.3, -0.25) is 4.79 Å². The summed E-state index contributed by atoms with van der Waals surface area (Å²) in [5.74, 6) is 1.02. The first-order chi connectivity index (χ1) is 11.2. The highest BCUT2D eigenvalue weighted by atomic mass is 35.5. The van der Waals surface area contributed by atoms with E-state index >= 15 is 0 Å². The number of methoxy groups -OCH3 is 2. The Labute approximate surface area is 147 Å². The second-order valence-corrected chi connectivity index (χ2v) is 5.46. The maximum atomic E-state index is 12.3. The van der Waals surface area contributed by atoms with Gasteiger partial charge in [0.05, 0.1) is 14.2 Å². The van der Waals surface area contributed by atoms with E-state index < -0.39 is 0 Å². The standard InChI is InChI=1S/C18H20N2O3.ClH/c1-22-16-6-5-13(8-17(16)23-2)18(21)20-9-12-3-4-14-10-19-11-15(14)7-12;/h3-8,19H,9-11H2,1-2H3,(H,20,21);1H. The van der Waals surface area contributed by atoms with Crippen LogP contribution in [0, 0.1) is 0 Å². The summed E-state index contributed by atoms with van der Waals surface area (Å²) >= 11 is 0. The molecule has 1 heterocycles. The van der Waals surface area contributed by atoms with Crippen molar-refractivity contribution in [2.75, 3.05) is 14.2 Å². The number of rotatable bonds is 5. The molecule has 2 aromatic carbocycles. The minimum absolute atomic E-state index is 0. The van der Waals surface area contributed by atoms with E-state index in [1.165, 1.54) is 11.1 Å². The van der Waals surface area contributed by atoms with Crippen LogP contribution in [0.25, 0.3) is 0 Å². The van der Waals surface area contributed by atoms with Gasteiger partial charge in [-0.25, -0.2) is 0 Å². The predicted molar refractivity (Wildman–Crippen MR) is 94.9 cm³/mol. The Balaban J connectivity index is 0.00000208. The molecular weight excluding hydrogens is 328 g/mol. The third-order valence-corrected chi connectivity index (χ3v) is 4.00. The topological polar surface area (TPSA) is 59.6 Å². The number of benzene rings is 2. The van der Waals surface area contributed by atoms with Gasteiger partial charge in [0.15, 0.2) is 11.5 Å². The number of halogens is 1. The maximum Gasteiger partial charge on any atom is 0.251 e. The molecule has 1 amide bonds. The van der Waals surface area contributed by atoms with E-state index in [0.29, 0.717) is 23.6 Å². The van der Waals surface area contributed by atoms with Crippen molar-refractivity contribution >= 4 is 18.3 Å². The normalized spacial score (nSPS) is 12.1. The Morgan fingerprint density at radius 3 is 2.54 bits per heavy atom. The molecule has 0 radical (unpaired) electrons. The van der Waals surface area contributed by atoms with Crippen molar-refractivity contribution in [3.63, 3.8) is 0 Å². The van der Waals surface area contributed by atoms with Crippen LogP contribution >= 0.6 is 12.4 Å². The first-order valence-electron chi connectivity index (χ1n) is 7.53. The number of hydrogen-bond donors (Lipinski definition) is 2. The molecule has 128 valence electrons. The van der Waals surface area contributed by atoms with Crippen molar-refractivity contribution in [2.45, 2.75) is 19.6 Å². The smallest absolute Gasteiger partial charge is 0.251 e. The minimum atomic E-state index is -0.135. The predicted octanol–water partition coefficient (Wildman–Crippen LogP) is 2.66. The van der Waals surface area contributed by atoms with Crippen molar-refractivity contribution in [3.8, 4) is 11.5 Å². The molecule has 0 spiro atoms. The highest BCUT2D eigenvalue weighted by molar-refractivity contribution is 5.94. The van der Waals surface area contributed by atoms with Gasteiger partial charge in [0, 0.05) is 25.2 Å². The average Bonchev–Trinajstić information content (AvgIpc) is 3.06. The molecule has 2 aromatic rings. The summed E-state index contributed by atoms with van der Waals surface area (Å²) in [4.78, 5) is 12.3. The lowest BCUT2D eigenvalue weighted by molar-refractivity contribution is 0.0950. The van der Waals surface area contributed by atoms with Crippen molar-refractivity contribution in [3.05, 3.63) is 58.7 Å². The van der Waals surface area contributed by atoms with Gasteiger partial charge in [0.2, 0.25) is 0 Å². The van der Waals surface area contributed by atoms with Crippen molar-refractivity contribution < 1.29 is 14.3 Å². The van der Waals surface area contributed by atoms with Crippen LogP contribution in [0.15, 0.2) is 36.4 Å². The molecule has 24 heavy (non-hydrogen) atoms. The van der Waals surface area contributed by atoms with Crippen LogP contribution < -0.4 is 20.1 Å². The lowest BCUT2D eigenvalue weighted by Crippen LogP contribution is -2.22. The molecule has 0 fully saturated rings. The van der Waals surface area contributed by atoms with Crippen LogP contribution in [0.3, 0.4) is 0 Å². The minimum Gasteiger partial charge on any atom is -0.493 e. The zero-order valence-electron chi connectivity index (χ0n) is 13.7. The summed E-state index contributed by atoms with van der Waals surface area (Å²) in [5, 5.41) is 6.26. The number of fused-ring (bicyclic) bond motifs is 1. The highest BCUT2D eigenvalue weighted by Crippen LogP contribution is 2.27. The Morgan fingerprint density at radius 2 is 1.79 bits per heavy atom. The van der Waals surface area contributed by atoms with E-state index in [-0.39, 0.29) is 18.3 Å². The van der Waals surface area contributed by atoms with Crippen molar-refractivity contribution in [1.82, 2.24) is 10.6 Å². The molecule has 0 aromatic heterocycles. The van der Waals surface area contributed by atoms with E-state index in [9.17, 15) is 4.79 Å². The molecule has 5 nitrogen and oxygen atoms in total. The fourth-order valence-electron chi connectivity index (χ4n) is 2.72. The lowest BCUT2D eigenvalue weighted by Gasteiger charge is -2.10. The van der Waals surface area contributed by atoms with Crippen LogP contribution in [-0.4, -0.2) is 20.1 Å². The van der Waals surface area contributed by atoms with E-state index in [1.54, 1.807) is 32.4 Å². The maximum absolute atomic E-state index is 12.3. The summed E-state index contributed by atoms with van der Waals surface area (Å²) < 4.78 is 10.4. The van der Waals surface area contributed by atoms with E-state index in [4.69, 9.17) is 9.47 Å². The Bertz CT molecular complexity index is 734. The summed E-state index contributed by atoms with van der Waals surface area (Å²) in [7, 11) is 3.12. The fourth-order valence-corrected chi connectivity index (χ4v) is 2.72. The summed E-state index contributed by atoms with van der Waals surface area (Å²) in [5.41, 5.74) is 4.29. The third-order valence-electron chi connectivity index (χ3n) is 4.00. The zero-order chi connectivity index (χ0) is 16.2. The van der Waals surface area contributed by atoms with Crippen LogP contribution in [0.5, 0.6) is 11.5 Å². The summed E-state index contributed by atoms with van der Waals surface area (Å²) in [6, 6.07) is 11.5. The molecule has 1 aliphatic rings. The largest absolute Gasteiger partial charge is 0.493 e. The van der Waals surface area contributed by atoms with Gasteiger partial charge in [-0.15, -0.1) is 12.4 Å². The van der Waals surface area contributed by atoms with E-state index in [2.05, 4.69) is 28.8 Å². The molecule has 0 saturated heterocycles. The van der Waals surface area contributed by atoms with Crippen LogP contribution in [0.4, 0.5) is 0 Å². The molecule has 0 aliphatic carbocycles. The number of carbonyl (C=O) groups excluding carboxylic acids is 1. The second-order valence-electron chi connectivity index (χ2n) is 5.46. The van der Waals surface area contributed by atoms with Gasteiger partial charge in [-0.1, -0.05) is 18.2 Å². The van der Waals surface area contributed by atoms with Crippen molar-refractivity contribution in [1.29, 1.82) is 0 Å². The molecule has 0 bridgehead atoms. The summed E-state index contributed by atoms with van der Waals surface area (Å²) in [6.07, 6.45) is 0. The monoisotopic (exact) mass is 348 g/mol. The fraction of sp³-hybridized carbons (Fsp3) is 0.278. The molecular formula is C18H21ClN2O3. The van der Waals surface area contributed by atoms with Crippen molar-refractivity contribution in [2.24, 2.45) is 0 Å². The quantitative estimate of drug-likeness (QED) is 0.872. The van der Waals surface area contributed by atoms with Gasteiger partial charge >= 0.3 is 0 Å². The van der Waals surface area contributed by atoms with Gasteiger partial charge < -0.3 is 20.1 Å². The SMILES string of the molecule is COc1ccc(C(=O)NCc2ccc3c(c2)CNC3)cc1OC.Cl. The number of amides is 1. The van der Waals surface area contributed by atoms with E-state index in [1.807, 2.05) is 0 Å². The van der Waals surface area contributed by atoms with Crippen LogP contribution in [-0.2, 0) is 19.6 Å². The number of hydrogen-bond acceptors (Lipinski definition) is 4. The first-order valence-corrected chi connectivity index (χ1v) is 7.53. The summed E-state index contributed by atoms with van der Waals surface area (Å²) in [6.45, 7) is 2.32. The van der Waals surface area contributed by atoms with Gasteiger partial charge in [-0.05, 0) is 34.9 Å². The van der Waals surface area contributed by atoms with Crippen LogP contribution in [0.2, 0.25) is 0 Å². The number of nitrogens with one attached hydrogen (secondary N) is 2. The molecule has 6 heteroatoms. The van der Waals surface area contributed by atoms with Gasteiger partial charge in [0.1, 0.15) is 0 Å². The zero-order valence-corrected chi connectivity index (χ0v) is 14.5. The second kappa shape index (κ2) is 8.04. The third kappa shape index (κ3) is 3.80. The molecule has 1 aliphatic heterocycles. The Kier molecular flexibility index (Phi) is 6.06. The lowest BCUT2D eigenvalue weighted by atomic mass is 10.1. The number of ether oxygens (including phenoxy) is 2. The molecule has 3 rings (SSSR count). The molecule has 0 saturated carbocycles. The molecule has 2 N–H and O–H groups in total. The van der Waals surface area contributed by atoms with Gasteiger partial charge in [0.25, 0.3) is 5.91 Å². The number of carbonyl (C=O) groups is 1. The van der Waals surface area contributed by atoms with Crippen LogP contribution in [0.1, 0.15) is 27.0 Å². The Hall–Kier alpha value is -2.24. The van der Waals surface area contributed by atoms with Gasteiger partial charge in [-0.2, -0.15) is 0 Å². The average molecular weight is 349 g/mol.